The van der Waals surface area contributed by atoms with Crippen molar-refractivity contribution in [2.75, 3.05) is 5.33 Å². The summed E-state index contributed by atoms with van der Waals surface area (Å²) >= 11 is 3.51. The van der Waals surface area contributed by atoms with Crippen molar-refractivity contribution >= 4 is 15.9 Å². The minimum Gasteiger partial charge on any atom is -0.0928 e. The molecule has 0 fully saturated rings. The van der Waals surface area contributed by atoms with E-state index in [4.69, 9.17) is 0 Å². The van der Waals surface area contributed by atoms with Gasteiger partial charge in [-0.1, -0.05) is 83.0 Å². The molecule has 0 aliphatic rings. The minimum atomic E-state index is 0.534. The standard InChI is InChI=1S/C17H19Br/c18-14-8-7-13-17(15-9-3-1-4-10-15)16-11-5-2-6-12-16/h1-6,9-12,17H,7-8,13-14H2. The average Bonchev–Trinajstić information content (AvgIpc) is 2.46. The van der Waals surface area contributed by atoms with Crippen LogP contribution in [0.2, 0.25) is 0 Å². The molecular formula is C17H19Br. The monoisotopic (exact) mass is 302 g/mol. The van der Waals surface area contributed by atoms with E-state index in [-0.39, 0.29) is 0 Å². The predicted octanol–water partition coefficient (Wildman–Crippen LogP) is 5.38. The zero-order valence-corrected chi connectivity index (χ0v) is 12.1. The summed E-state index contributed by atoms with van der Waals surface area (Å²) < 4.78 is 0. The topological polar surface area (TPSA) is 0 Å². The highest BCUT2D eigenvalue weighted by Gasteiger charge is 2.12. The Balaban J connectivity index is 2.18. The van der Waals surface area contributed by atoms with Crippen molar-refractivity contribution in [1.29, 1.82) is 0 Å². The van der Waals surface area contributed by atoms with Crippen LogP contribution in [-0.2, 0) is 0 Å². The minimum absolute atomic E-state index is 0.534. The fourth-order valence-electron chi connectivity index (χ4n) is 2.34. The molecule has 0 radical (unpaired) electrons. The first-order valence-corrected chi connectivity index (χ1v) is 7.70. The lowest BCUT2D eigenvalue weighted by molar-refractivity contribution is 0.655. The third kappa shape index (κ3) is 3.71. The van der Waals surface area contributed by atoms with Crippen LogP contribution in [0.4, 0.5) is 0 Å². The highest BCUT2D eigenvalue weighted by Crippen LogP contribution is 2.29. The van der Waals surface area contributed by atoms with Gasteiger partial charge in [0.25, 0.3) is 0 Å². The molecule has 0 heterocycles. The molecule has 0 aliphatic heterocycles. The van der Waals surface area contributed by atoms with Gasteiger partial charge in [0.1, 0.15) is 0 Å². The van der Waals surface area contributed by atoms with Crippen molar-refractivity contribution in [3.8, 4) is 0 Å². The third-order valence-electron chi connectivity index (χ3n) is 3.28. The molecule has 0 N–H and O–H groups in total. The van der Waals surface area contributed by atoms with Gasteiger partial charge in [-0.15, -0.1) is 0 Å². The first kappa shape index (κ1) is 13.4. The quantitative estimate of drug-likeness (QED) is 0.496. The van der Waals surface area contributed by atoms with E-state index >= 15 is 0 Å². The van der Waals surface area contributed by atoms with Crippen LogP contribution in [0.25, 0.3) is 0 Å². The lowest BCUT2D eigenvalue weighted by Gasteiger charge is -2.17. The van der Waals surface area contributed by atoms with Gasteiger partial charge in [0.05, 0.1) is 0 Å². The molecule has 0 amide bonds. The molecule has 2 aromatic carbocycles. The Bertz CT molecular complexity index is 396. The maximum atomic E-state index is 3.51. The van der Waals surface area contributed by atoms with Crippen molar-refractivity contribution in [3.63, 3.8) is 0 Å². The van der Waals surface area contributed by atoms with E-state index in [9.17, 15) is 0 Å². The highest BCUT2D eigenvalue weighted by molar-refractivity contribution is 9.09. The van der Waals surface area contributed by atoms with E-state index in [1.165, 1.54) is 30.4 Å². The number of halogens is 1. The maximum Gasteiger partial charge on any atom is 0.00893 e. The van der Waals surface area contributed by atoms with Crippen molar-refractivity contribution < 1.29 is 0 Å². The third-order valence-corrected chi connectivity index (χ3v) is 3.84. The fraction of sp³-hybridized carbons (Fsp3) is 0.294. The van der Waals surface area contributed by atoms with Crippen molar-refractivity contribution in [2.24, 2.45) is 0 Å². The molecule has 0 aromatic heterocycles. The van der Waals surface area contributed by atoms with Gasteiger partial charge in [-0.2, -0.15) is 0 Å². The maximum absolute atomic E-state index is 3.51. The van der Waals surface area contributed by atoms with Gasteiger partial charge in [-0.25, -0.2) is 0 Å². The van der Waals surface area contributed by atoms with Crippen molar-refractivity contribution in [2.45, 2.75) is 25.2 Å². The molecule has 0 saturated heterocycles. The predicted molar refractivity (Wildman–Crippen MR) is 82.4 cm³/mol. The Kier molecular flexibility index (Phi) is 5.47. The summed E-state index contributed by atoms with van der Waals surface area (Å²) in [5.41, 5.74) is 2.86. The molecule has 94 valence electrons. The molecule has 2 rings (SSSR count). The largest absolute Gasteiger partial charge is 0.0928 e. The van der Waals surface area contributed by atoms with Crippen molar-refractivity contribution in [1.82, 2.24) is 0 Å². The van der Waals surface area contributed by atoms with Crippen LogP contribution in [0.1, 0.15) is 36.3 Å². The zero-order chi connectivity index (χ0) is 12.6. The molecule has 18 heavy (non-hydrogen) atoms. The van der Waals surface area contributed by atoms with E-state index in [0.717, 1.165) is 5.33 Å². The molecule has 0 nitrogen and oxygen atoms in total. The van der Waals surface area contributed by atoms with Crippen LogP contribution in [0.15, 0.2) is 60.7 Å². The average molecular weight is 303 g/mol. The summed E-state index contributed by atoms with van der Waals surface area (Å²) in [6.07, 6.45) is 3.73. The fourth-order valence-corrected chi connectivity index (χ4v) is 2.74. The van der Waals surface area contributed by atoms with Gasteiger partial charge in [-0.05, 0) is 24.0 Å². The summed E-state index contributed by atoms with van der Waals surface area (Å²) in [5, 5.41) is 1.10. The van der Waals surface area contributed by atoms with E-state index in [0.29, 0.717) is 5.92 Å². The van der Waals surface area contributed by atoms with Gasteiger partial charge < -0.3 is 0 Å². The van der Waals surface area contributed by atoms with Crippen LogP contribution in [0, 0.1) is 0 Å². The molecular weight excluding hydrogens is 284 g/mol. The Morgan fingerprint density at radius 3 is 1.67 bits per heavy atom. The molecule has 0 unspecified atom stereocenters. The van der Waals surface area contributed by atoms with Crippen LogP contribution in [0.3, 0.4) is 0 Å². The summed E-state index contributed by atoms with van der Waals surface area (Å²) in [6, 6.07) is 21.7. The summed E-state index contributed by atoms with van der Waals surface area (Å²) in [6.45, 7) is 0. The van der Waals surface area contributed by atoms with Crippen molar-refractivity contribution in [3.05, 3.63) is 71.8 Å². The summed E-state index contributed by atoms with van der Waals surface area (Å²) in [7, 11) is 0. The number of benzene rings is 2. The summed E-state index contributed by atoms with van der Waals surface area (Å²) in [5.74, 6) is 0.534. The van der Waals surface area contributed by atoms with Crippen LogP contribution < -0.4 is 0 Å². The second kappa shape index (κ2) is 7.38. The van der Waals surface area contributed by atoms with Gasteiger partial charge in [0.15, 0.2) is 0 Å². The smallest absolute Gasteiger partial charge is 0.00893 e. The van der Waals surface area contributed by atoms with E-state index < -0.39 is 0 Å². The number of unbranched alkanes of at least 4 members (excludes halogenated alkanes) is 1. The van der Waals surface area contributed by atoms with Crippen LogP contribution in [0.5, 0.6) is 0 Å². The Labute approximate surface area is 118 Å². The zero-order valence-electron chi connectivity index (χ0n) is 10.6. The molecule has 1 heteroatoms. The second-order valence-corrected chi connectivity index (χ2v) is 5.35. The first-order valence-electron chi connectivity index (χ1n) is 6.57. The molecule has 0 atom stereocenters. The Morgan fingerprint density at radius 2 is 1.22 bits per heavy atom. The van der Waals surface area contributed by atoms with Crippen LogP contribution in [-0.4, -0.2) is 5.33 Å². The Morgan fingerprint density at radius 1 is 0.722 bits per heavy atom. The van der Waals surface area contributed by atoms with Gasteiger partial charge in [0, 0.05) is 11.2 Å². The molecule has 2 aromatic rings. The van der Waals surface area contributed by atoms with E-state index in [1.54, 1.807) is 0 Å². The normalized spacial score (nSPS) is 10.8. The number of hydrogen-bond acceptors (Lipinski definition) is 0. The van der Waals surface area contributed by atoms with Crippen LogP contribution >= 0.6 is 15.9 Å². The number of alkyl halides is 1. The number of hydrogen-bond donors (Lipinski definition) is 0. The molecule has 0 spiro atoms. The lowest BCUT2D eigenvalue weighted by Crippen LogP contribution is -2.01. The SMILES string of the molecule is BrCCCCC(c1ccccc1)c1ccccc1. The molecule has 0 bridgehead atoms. The van der Waals surface area contributed by atoms with E-state index in [1.807, 2.05) is 0 Å². The first-order chi connectivity index (χ1) is 8.92. The number of rotatable bonds is 6. The highest BCUT2D eigenvalue weighted by atomic mass is 79.9. The van der Waals surface area contributed by atoms with Gasteiger partial charge >= 0.3 is 0 Å². The molecule has 0 saturated carbocycles. The Hall–Kier alpha value is -1.08. The second-order valence-electron chi connectivity index (χ2n) is 4.56. The van der Waals surface area contributed by atoms with E-state index in [2.05, 4.69) is 76.6 Å². The lowest BCUT2D eigenvalue weighted by atomic mass is 9.87. The van der Waals surface area contributed by atoms with Gasteiger partial charge in [0.2, 0.25) is 0 Å². The summed E-state index contributed by atoms with van der Waals surface area (Å²) in [4.78, 5) is 0. The molecule has 0 aliphatic carbocycles. The van der Waals surface area contributed by atoms with Gasteiger partial charge in [-0.3, -0.25) is 0 Å².